The third kappa shape index (κ3) is 3.94. The molecule has 0 aliphatic heterocycles. The van der Waals surface area contributed by atoms with E-state index in [0.29, 0.717) is 12.1 Å². The Balaban J connectivity index is 1.83. The molecule has 0 aliphatic rings. The molecular weight excluding hydrogens is 376 g/mol. The second-order valence-electron chi connectivity index (χ2n) is 7.63. The van der Waals surface area contributed by atoms with Crippen molar-refractivity contribution in [3.8, 4) is 0 Å². The minimum absolute atomic E-state index is 0.0185. The van der Waals surface area contributed by atoms with E-state index in [9.17, 15) is 4.79 Å². The fourth-order valence-electron chi connectivity index (χ4n) is 3.61. The molecule has 0 N–H and O–H groups in total. The number of carbonyl (C=O) groups excluding carboxylic acids is 1. The number of aromatic nitrogens is 1. The summed E-state index contributed by atoms with van der Waals surface area (Å²) in [6, 6.07) is 20.3. The molecule has 4 aromatic rings. The fourth-order valence-corrected chi connectivity index (χ4v) is 4.72. The first-order valence-electron chi connectivity index (χ1n) is 9.73. The van der Waals surface area contributed by atoms with Gasteiger partial charge in [0.25, 0.3) is 5.91 Å². The van der Waals surface area contributed by atoms with Crippen LogP contribution in [0.25, 0.3) is 10.2 Å². The van der Waals surface area contributed by atoms with Gasteiger partial charge < -0.3 is 0 Å². The topological polar surface area (TPSA) is 33.2 Å². The Labute approximate surface area is 175 Å². The predicted octanol–water partition coefficient (Wildman–Crippen LogP) is 6.38. The second-order valence-corrected chi connectivity index (χ2v) is 8.60. The van der Waals surface area contributed by atoms with E-state index in [4.69, 9.17) is 4.98 Å². The van der Waals surface area contributed by atoms with Crippen LogP contribution in [-0.2, 0) is 6.54 Å². The van der Waals surface area contributed by atoms with E-state index in [-0.39, 0.29) is 5.91 Å². The van der Waals surface area contributed by atoms with Gasteiger partial charge in [0.05, 0.1) is 16.8 Å². The van der Waals surface area contributed by atoms with Gasteiger partial charge in [0.1, 0.15) is 0 Å². The van der Waals surface area contributed by atoms with Crippen molar-refractivity contribution in [1.29, 1.82) is 0 Å². The van der Waals surface area contributed by atoms with Crippen molar-refractivity contribution in [3.05, 3.63) is 94.0 Å². The number of rotatable bonds is 4. The first kappa shape index (κ1) is 19.3. The van der Waals surface area contributed by atoms with E-state index in [1.54, 1.807) is 11.3 Å². The summed E-state index contributed by atoms with van der Waals surface area (Å²) in [6.07, 6.45) is 0. The van der Waals surface area contributed by atoms with E-state index in [1.165, 1.54) is 5.56 Å². The molecule has 0 saturated heterocycles. The monoisotopic (exact) mass is 400 g/mol. The normalized spacial score (nSPS) is 11.0. The van der Waals surface area contributed by atoms with Crippen molar-refractivity contribution in [3.63, 3.8) is 0 Å². The van der Waals surface area contributed by atoms with Crippen LogP contribution in [0.2, 0.25) is 0 Å². The van der Waals surface area contributed by atoms with Crippen LogP contribution in [-0.4, -0.2) is 10.9 Å². The highest BCUT2D eigenvalue weighted by molar-refractivity contribution is 7.22. The lowest BCUT2D eigenvalue weighted by molar-refractivity contribution is 0.0985. The Hall–Kier alpha value is -2.98. The maximum absolute atomic E-state index is 13.6. The highest BCUT2D eigenvalue weighted by Gasteiger charge is 2.23. The number of nitrogens with zero attached hydrogens (tertiary/aromatic N) is 2. The minimum atomic E-state index is -0.0185. The Kier molecular flexibility index (Phi) is 5.20. The maximum atomic E-state index is 13.6. The number of hydrogen-bond acceptors (Lipinski definition) is 3. The molecule has 1 aromatic heterocycles. The van der Waals surface area contributed by atoms with Crippen LogP contribution >= 0.6 is 11.3 Å². The van der Waals surface area contributed by atoms with Gasteiger partial charge in [-0.25, -0.2) is 4.98 Å². The van der Waals surface area contributed by atoms with Crippen LogP contribution in [0, 0.1) is 27.7 Å². The van der Waals surface area contributed by atoms with Crippen molar-refractivity contribution in [2.75, 3.05) is 4.90 Å². The first-order chi connectivity index (χ1) is 13.9. The van der Waals surface area contributed by atoms with Crippen LogP contribution in [0.4, 0.5) is 5.13 Å². The first-order valence-corrected chi connectivity index (χ1v) is 10.5. The molecule has 3 nitrogen and oxygen atoms in total. The summed E-state index contributed by atoms with van der Waals surface area (Å²) in [5.74, 6) is -0.0185. The lowest BCUT2D eigenvalue weighted by Gasteiger charge is -2.20. The van der Waals surface area contributed by atoms with Gasteiger partial charge in [0.15, 0.2) is 5.13 Å². The zero-order valence-electron chi connectivity index (χ0n) is 17.2. The number of aryl methyl sites for hydroxylation is 4. The number of hydrogen-bond donors (Lipinski definition) is 0. The number of carbonyl (C=O) groups is 1. The lowest BCUT2D eigenvalue weighted by atomic mass is 10.1. The molecule has 0 unspecified atom stereocenters. The van der Waals surface area contributed by atoms with Gasteiger partial charge in [-0.3, -0.25) is 9.69 Å². The zero-order valence-corrected chi connectivity index (χ0v) is 18.0. The molecule has 4 heteroatoms. The van der Waals surface area contributed by atoms with Gasteiger partial charge in [-0.05, 0) is 56.5 Å². The highest BCUT2D eigenvalue weighted by atomic mass is 32.1. The summed E-state index contributed by atoms with van der Waals surface area (Å²) in [4.78, 5) is 20.3. The van der Waals surface area contributed by atoms with Gasteiger partial charge in [-0.2, -0.15) is 0 Å². The van der Waals surface area contributed by atoms with Crippen molar-refractivity contribution in [1.82, 2.24) is 4.98 Å². The molecule has 0 bridgehead atoms. The van der Waals surface area contributed by atoms with Gasteiger partial charge in [0, 0.05) is 5.56 Å². The lowest BCUT2D eigenvalue weighted by Crippen LogP contribution is -2.30. The average Bonchev–Trinajstić information content (AvgIpc) is 3.15. The van der Waals surface area contributed by atoms with Gasteiger partial charge >= 0.3 is 0 Å². The summed E-state index contributed by atoms with van der Waals surface area (Å²) < 4.78 is 1.14. The Morgan fingerprint density at radius 2 is 1.55 bits per heavy atom. The van der Waals surface area contributed by atoms with Crippen LogP contribution in [0.1, 0.15) is 38.2 Å². The number of anilines is 1. The molecule has 0 fully saturated rings. The van der Waals surface area contributed by atoms with E-state index in [1.807, 2.05) is 61.2 Å². The van der Waals surface area contributed by atoms with Gasteiger partial charge in [-0.1, -0.05) is 71.0 Å². The zero-order chi connectivity index (χ0) is 20.5. The third-order valence-electron chi connectivity index (χ3n) is 5.06. The molecule has 0 atom stereocenters. The van der Waals surface area contributed by atoms with Crippen LogP contribution in [0.15, 0.2) is 60.7 Å². The largest absolute Gasteiger partial charge is 0.279 e. The van der Waals surface area contributed by atoms with Crippen LogP contribution in [0.3, 0.4) is 0 Å². The third-order valence-corrected chi connectivity index (χ3v) is 6.27. The Bertz CT molecular complexity index is 1140. The van der Waals surface area contributed by atoms with Crippen LogP contribution in [0.5, 0.6) is 0 Å². The molecule has 1 heterocycles. The number of fused-ring (bicyclic) bond motifs is 1. The second kappa shape index (κ2) is 7.80. The number of benzene rings is 3. The molecule has 0 aliphatic carbocycles. The SMILES string of the molecule is Cc1cc(C)cc(C(=O)N(Cc2ccccc2)c2nc3c(C)ccc(C)c3s2)c1. The standard InChI is InChI=1S/C25H24N2OS/c1-16-12-17(2)14-21(13-16)24(28)27(15-20-8-6-5-7-9-20)25-26-22-18(3)10-11-19(4)23(22)29-25/h5-14H,15H2,1-4H3. The van der Waals surface area contributed by atoms with E-state index in [2.05, 4.69) is 32.0 Å². The van der Waals surface area contributed by atoms with Crippen molar-refractivity contribution in [2.45, 2.75) is 34.2 Å². The minimum Gasteiger partial charge on any atom is -0.279 e. The summed E-state index contributed by atoms with van der Waals surface area (Å²) in [5, 5.41) is 0.741. The predicted molar refractivity (Wildman–Crippen MR) is 122 cm³/mol. The molecule has 29 heavy (non-hydrogen) atoms. The molecule has 4 rings (SSSR count). The van der Waals surface area contributed by atoms with Crippen molar-refractivity contribution in [2.24, 2.45) is 0 Å². The average molecular weight is 401 g/mol. The summed E-state index contributed by atoms with van der Waals surface area (Å²) in [5.41, 5.74) is 7.26. The Morgan fingerprint density at radius 3 is 2.21 bits per heavy atom. The molecular formula is C25H24N2OS. The molecule has 3 aromatic carbocycles. The van der Waals surface area contributed by atoms with Gasteiger partial charge in [-0.15, -0.1) is 0 Å². The van der Waals surface area contributed by atoms with E-state index < -0.39 is 0 Å². The Morgan fingerprint density at radius 1 is 0.897 bits per heavy atom. The van der Waals surface area contributed by atoms with Crippen LogP contribution < -0.4 is 4.90 Å². The maximum Gasteiger partial charge on any atom is 0.260 e. The molecule has 0 spiro atoms. The van der Waals surface area contributed by atoms with E-state index in [0.717, 1.165) is 37.6 Å². The molecule has 0 radical (unpaired) electrons. The summed E-state index contributed by atoms with van der Waals surface area (Å²) >= 11 is 1.59. The van der Waals surface area contributed by atoms with Crippen molar-refractivity contribution >= 4 is 32.6 Å². The van der Waals surface area contributed by atoms with Crippen molar-refractivity contribution < 1.29 is 4.79 Å². The smallest absolute Gasteiger partial charge is 0.260 e. The number of thiazole rings is 1. The fraction of sp³-hybridized carbons (Fsp3) is 0.200. The van der Waals surface area contributed by atoms with Gasteiger partial charge in [0.2, 0.25) is 0 Å². The summed E-state index contributed by atoms with van der Waals surface area (Å²) in [6.45, 7) is 8.70. The number of amides is 1. The highest BCUT2D eigenvalue weighted by Crippen LogP contribution is 2.34. The quantitative estimate of drug-likeness (QED) is 0.398. The molecule has 0 saturated carbocycles. The summed E-state index contributed by atoms with van der Waals surface area (Å²) in [7, 11) is 0. The molecule has 146 valence electrons. The van der Waals surface area contributed by atoms with E-state index >= 15 is 0 Å². The molecule has 1 amide bonds.